The first-order chi connectivity index (χ1) is 9.01. The number of hydrogen-bond donors (Lipinski definition) is 1. The van der Waals surface area contributed by atoms with Crippen molar-refractivity contribution in [3.8, 4) is 0 Å². The second kappa shape index (κ2) is 6.06. The minimum Gasteiger partial charge on any atom is -0.315 e. The average Bonchev–Trinajstić information content (AvgIpc) is 2.94. The van der Waals surface area contributed by atoms with Crippen molar-refractivity contribution in [1.82, 2.24) is 15.1 Å². The predicted octanol–water partition coefficient (Wildman–Crippen LogP) is 3.28. The number of thioether (sulfide) groups is 1. The number of hydrogen-bond acceptors (Lipinski definition) is 3. The monoisotopic (exact) mass is 301 g/mol. The zero-order chi connectivity index (χ0) is 14.0. The van der Waals surface area contributed by atoms with Crippen LogP contribution in [0.2, 0.25) is 5.02 Å². The lowest BCUT2D eigenvalue weighted by molar-refractivity contribution is 0.413. The lowest BCUT2D eigenvalue weighted by Crippen LogP contribution is -2.45. The molecule has 0 radical (unpaired) electrons. The molecule has 1 fully saturated rings. The predicted molar refractivity (Wildman–Crippen MR) is 84.3 cm³/mol. The molecule has 2 rings (SSSR count). The third kappa shape index (κ3) is 2.96. The first-order valence-corrected chi connectivity index (χ1v) is 8.41. The molecule has 1 aliphatic rings. The Bertz CT molecular complexity index is 438. The number of aryl methyl sites for hydroxylation is 2. The molecule has 3 nitrogen and oxygen atoms in total. The molecule has 0 saturated carbocycles. The quantitative estimate of drug-likeness (QED) is 0.905. The van der Waals surface area contributed by atoms with E-state index in [-0.39, 0.29) is 0 Å². The second-order valence-electron chi connectivity index (χ2n) is 5.47. The van der Waals surface area contributed by atoms with Gasteiger partial charge in [-0.2, -0.15) is 16.9 Å². The maximum atomic E-state index is 6.43. The van der Waals surface area contributed by atoms with Gasteiger partial charge in [0.15, 0.2) is 0 Å². The van der Waals surface area contributed by atoms with Crippen LogP contribution in [0.25, 0.3) is 0 Å². The molecule has 1 N–H and O–H groups in total. The minimum atomic E-state index is 0.314. The number of aromatic nitrogens is 2. The number of likely N-dealkylation sites (N-methyl/N-ethyl adjacent to an activating group) is 1. The molecule has 2 atom stereocenters. The van der Waals surface area contributed by atoms with Gasteiger partial charge < -0.3 is 5.32 Å². The largest absolute Gasteiger partial charge is 0.315 e. The smallest absolute Gasteiger partial charge is 0.0847 e. The summed E-state index contributed by atoms with van der Waals surface area (Å²) in [6, 6.07) is 0.443. The van der Waals surface area contributed by atoms with Crippen LogP contribution in [0.1, 0.15) is 38.1 Å². The van der Waals surface area contributed by atoms with E-state index in [9.17, 15) is 0 Å². The fourth-order valence-electron chi connectivity index (χ4n) is 2.96. The summed E-state index contributed by atoms with van der Waals surface area (Å²) in [5.41, 5.74) is 2.12. The van der Waals surface area contributed by atoms with E-state index in [1.165, 1.54) is 24.3 Å². The molecule has 19 heavy (non-hydrogen) atoms. The average molecular weight is 302 g/mol. The van der Waals surface area contributed by atoms with Crippen LogP contribution in [-0.2, 0) is 13.0 Å². The molecule has 0 amide bonds. The van der Waals surface area contributed by atoms with E-state index >= 15 is 0 Å². The molecule has 0 aromatic carbocycles. The highest BCUT2D eigenvalue weighted by atomic mass is 35.5. The van der Waals surface area contributed by atoms with Crippen LogP contribution < -0.4 is 5.32 Å². The van der Waals surface area contributed by atoms with Gasteiger partial charge in [0.25, 0.3) is 0 Å². The van der Waals surface area contributed by atoms with Crippen LogP contribution >= 0.6 is 23.4 Å². The number of rotatable bonds is 5. The van der Waals surface area contributed by atoms with E-state index in [1.54, 1.807) is 0 Å². The zero-order valence-electron chi connectivity index (χ0n) is 12.3. The van der Waals surface area contributed by atoms with Gasteiger partial charge in [-0.1, -0.05) is 11.6 Å². The van der Waals surface area contributed by atoms with Crippen molar-refractivity contribution in [3.05, 3.63) is 16.4 Å². The van der Waals surface area contributed by atoms with Crippen LogP contribution in [0, 0.1) is 6.92 Å². The summed E-state index contributed by atoms with van der Waals surface area (Å²) < 4.78 is 2.36. The summed E-state index contributed by atoms with van der Waals surface area (Å²) in [5, 5.41) is 8.86. The number of nitrogens with one attached hydrogen (secondary N) is 1. The van der Waals surface area contributed by atoms with Crippen molar-refractivity contribution in [2.75, 3.05) is 12.8 Å². The molecule has 1 saturated heterocycles. The highest BCUT2D eigenvalue weighted by Crippen LogP contribution is 2.41. The van der Waals surface area contributed by atoms with E-state index in [1.807, 2.05) is 11.6 Å². The van der Waals surface area contributed by atoms with Gasteiger partial charge >= 0.3 is 0 Å². The van der Waals surface area contributed by atoms with E-state index in [0.29, 0.717) is 10.8 Å². The van der Waals surface area contributed by atoms with E-state index in [4.69, 9.17) is 11.6 Å². The topological polar surface area (TPSA) is 29.9 Å². The summed E-state index contributed by atoms with van der Waals surface area (Å²) in [6.07, 6.45) is 3.55. The summed E-state index contributed by atoms with van der Waals surface area (Å²) in [5.74, 6) is 1.27. The standard InChI is InChI=1S/C14H24ClN3S/c1-5-18-11(13(15)10(2)17-18)9-12(16-4)14(3)7-6-8-19-14/h12,16H,5-9H2,1-4H3. The fourth-order valence-corrected chi connectivity index (χ4v) is 4.61. The van der Waals surface area contributed by atoms with Gasteiger partial charge in [0.2, 0.25) is 0 Å². The van der Waals surface area contributed by atoms with Gasteiger partial charge in [-0.25, -0.2) is 0 Å². The Balaban J connectivity index is 2.23. The molecule has 0 spiro atoms. The molecule has 0 aliphatic carbocycles. The first kappa shape index (κ1) is 15.2. The number of halogens is 1. The minimum absolute atomic E-state index is 0.314. The van der Waals surface area contributed by atoms with Crippen LogP contribution in [0.15, 0.2) is 0 Å². The van der Waals surface area contributed by atoms with Crippen molar-refractivity contribution in [1.29, 1.82) is 0 Å². The van der Waals surface area contributed by atoms with Crippen LogP contribution in [-0.4, -0.2) is 33.4 Å². The SMILES string of the molecule is CCn1nc(C)c(Cl)c1CC(NC)C1(C)CCCS1. The third-order valence-corrected chi connectivity index (χ3v) is 6.32. The molecule has 1 aliphatic heterocycles. The third-order valence-electron chi connectivity index (χ3n) is 4.19. The fraction of sp³-hybridized carbons (Fsp3) is 0.786. The molecular formula is C14H24ClN3S. The summed E-state index contributed by atoms with van der Waals surface area (Å²) in [7, 11) is 2.06. The van der Waals surface area contributed by atoms with Gasteiger partial charge in [-0.15, -0.1) is 0 Å². The lowest BCUT2D eigenvalue weighted by atomic mass is 9.92. The molecule has 2 unspecified atom stereocenters. The van der Waals surface area contributed by atoms with Crippen LogP contribution in [0.3, 0.4) is 0 Å². The summed E-state index contributed by atoms with van der Waals surface area (Å²) >= 11 is 8.52. The van der Waals surface area contributed by atoms with Crippen molar-refractivity contribution < 1.29 is 0 Å². The lowest BCUT2D eigenvalue weighted by Gasteiger charge is -2.33. The first-order valence-electron chi connectivity index (χ1n) is 7.05. The molecule has 1 aromatic heterocycles. The Morgan fingerprint density at radius 1 is 1.58 bits per heavy atom. The zero-order valence-corrected chi connectivity index (χ0v) is 13.9. The molecular weight excluding hydrogens is 278 g/mol. The van der Waals surface area contributed by atoms with E-state index in [0.717, 1.165) is 23.7 Å². The Hall–Kier alpha value is -0.190. The normalized spacial score (nSPS) is 24.9. The summed E-state index contributed by atoms with van der Waals surface area (Å²) in [4.78, 5) is 0. The van der Waals surface area contributed by atoms with Gasteiger partial charge in [-0.05, 0) is 46.4 Å². The van der Waals surface area contributed by atoms with Crippen molar-refractivity contribution in [2.45, 2.75) is 57.4 Å². The molecule has 1 aromatic rings. The van der Waals surface area contributed by atoms with Crippen molar-refractivity contribution in [2.24, 2.45) is 0 Å². The Kier molecular flexibility index (Phi) is 4.85. The maximum absolute atomic E-state index is 6.43. The Morgan fingerprint density at radius 3 is 2.84 bits per heavy atom. The Labute approximate surface area is 125 Å². The summed E-state index contributed by atoms with van der Waals surface area (Å²) in [6.45, 7) is 7.35. The van der Waals surface area contributed by atoms with Gasteiger partial charge in [0.1, 0.15) is 0 Å². The highest BCUT2D eigenvalue weighted by Gasteiger charge is 2.37. The van der Waals surface area contributed by atoms with Crippen molar-refractivity contribution in [3.63, 3.8) is 0 Å². The number of nitrogens with zero attached hydrogens (tertiary/aromatic N) is 2. The second-order valence-corrected chi connectivity index (χ2v) is 7.48. The van der Waals surface area contributed by atoms with E-state index in [2.05, 4.69) is 43.1 Å². The Morgan fingerprint density at radius 2 is 2.32 bits per heavy atom. The van der Waals surface area contributed by atoms with Crippen LogP contribution in [0.4, 0.5) is 0 Å². The van der Waals surface area contributed by atoms with Crippen LogP contribution in [0.5, 0.6) is 0 Å². The molecule has 0 bridgehead atoms. The molecule has 108 valence electrons. The molecule has 2 heterocycles. The van der Waals surface area contributed by atoms with E-state index < -0.39 is 0 Å². The van der Waals surface area contributed by atoms with Crippen molar-refractivity contribution >= 4 is 23.4 Å². The maximum Gasteiger partial charge on any atom is 0.0847 e. The van der Waals surface area contributed by atoms with Gasteiger partial charge in [-0.3, -0.25) is 4.68 Å². The van der Waals surface area contributed by atoms with Gasteiger partial charge in [0, 0.05) is 23.8 Å². The molecule has 5 heteroatoms. The highest BCUT2D eigenvalue weighted by molar-refractivity contribution is 8.00. The van der Waals surface area contributed by atoms with Gasteiger partial charge in [0.05, 0.1) is 16.4 Å².